The molecule has 5 heteroatoms. The van der Waals surface area contributed by atoms with Crippen molar-refractivity contribution >= 4 is 32.8 Å². The van der Waals surface area contributed by atoms with Crippen molar-refractivity contribution in [3.63, 3.8) is 0 Å². The molecule has 76 heavy (non-hydrogen) atoms. The fraction of sp³-hybridized carbons (Fsp3) is 0.0704. The van der Waals surface area contributed by atoms with E-state index in [1.165, 1.54) is 12.3 Å². The summed E-state index contributed by atoms with van der Waals surface area (Å²) in [5.41, 5.74) is 1.88. The first-order valence-electron chi connectivity index (χ1n) is 34.8. The Morgan fingerprint density at radius 2 is 1.13 bits per heavy atom. The Labute approximate surface area is 473 Å². The lowest BCUT2D eigenvalue weighted by atomic mass is 9.84. The fourth-order valence-electron chi connectivity index (χ4n) is 9.63. The van der Waals surface area contributed by atoms with Gasteiger partial charge in [-0.05, 0) is 134 Å². The number of aromatic nitrogens is 4. The monoisotopic (exact) mass is 1000 g/mol. The smallest absolute Gasteiger partial charge is 0.269 e. The molecule has 0 saturated heterocycles. The van der Waals surface area contributed by atoms with E-state index in [9.17, 15) is 4.11 Å². The lowest BCUT2D eigenvalue weighted by molar-refractivity contribution is -0.571. The quantitative estimate of drug-likeness (QED) is 0.101. The predicted molar refractivity (Wildman–Crippen MR) is 313 cm³/mol. The Balaban J connectivity index is 1.01. The Kier molecular flexibility index (Phi) is 7.20. The summed E-state index contributed by atoms with van der Waals surface area (Å²) in [7, 11) is 0. The average molecular weight is 1000 g/mol. The minimum atomic E-state index is -2.83. The topological polar surface area (TPSA) is 35.9 Å². The van der Waals surface area contributed by atoms with E-state index in [1.807, 2.05) is 91.0 Å². The number of hydrogen-bond donors (Lipinski definition) is 0. The van der Waals surface area contributed by atoms with Gasteiger partial charge >= 0.3 is 0 Å². The summed E-state index contributed by atoms with van der Waals surface area (Å²) in [5, 5.41) is 1.55. The second-order valence-electron chi connectivity index (χ2n) is 19.0. The third kappa shape index (κ3) is 8.52. The van der Waals surface area contributed by atoms with E-state index < -0.39 is 138 Å². The maximum atomic E-state index is 10.2. The summed E-state index contributed by atoms with van der Waals surface area (Å²) < 4.78 is 199. The van der Waals surface area contributed by atoms with E-state index in [2.05, 4.69) is 27.1 Å². The number of rotatable bonds is 10. The molecule has 10 aromatic carbocycles. The molecule has 364 valence electrons. The second-order valence-corrected chi connectivity index (χ2v) is 19.0. The first kappa shape index (κ1) is 28.8. The average Bonchev–Trinajstić information content (AvgIpc) is 1.07. The van der Waals surface area contributed by atoms with Gasteiger partial charge in [0, 0.05) is 32.7 Å². The molecule has 0 aliphatic heterocycles. The zero-order valence-electron chi connectivity index (χ0n) is 62.1. The van der Waals surface area contributed by atoms with Gasteiger partial charge in [0.15, 0.2) is 0 Å². The van der Waals surface area contributed by atoms with Crippen LogP contribution in [0.2, 0.25) is 0 Å². The maximum Gasteiger partial charge on any atom is 0.269 e. The van der Waals surface area contributed by atoms with Gasteiger partial charge in [-0.1, -0.05) is 202 Å². The maximum absolute atomic E-state index is 10.2. The van der Waals surface area contributed by atoms with Crippen molar-refractivity contribution in [1.29, 1.82) is 0 Å². The molecule has 3 heterocycles. The molecule has 0 aliphatic carbocycles. The lowest BCUT2D eigenvalue weighted by Crippen LogP contribution is -2.31. The molecule has 0 radical (unpaired) electrons. The highest BCUT2D eigenvalue weighted by Crippen LogP contribution is 2.41. The predicted octanol–water partition coefficient (Wildman–Crippen LogP) is 17.9. The van der Waals surface area contributed by atoms with Gasteiger partial charge in [0.1, 0.15) is 17.3 Å². The molecule has 0 bridgehead atoms. The van der Waals surface area contributed by atoms with Gasteiger partial charge in [-0.2, -0.15) is 0 Å². The fourth-order valence-corrected chi connectivity index (χ4v) is 9.63. The number of nitrogens with zero attached hydrogens (tertiary/aromatic N) is 4. The van der Waals surface area contributed by atoms with Crippen molar-refractivity contribution in [3.05, 3.63) is 272 Å². The summed E-state index contributed by atoms with van der Waals surface area (Å²) in [4.78, 5) is 4.71. The molecule has 0 fully saturated rings. The van der Waals surface area contributed by atoms with Crippen molar-refractivity contribution in [1.82, 2.24) is 14.1 Å². The molecule has 13 aromatic rings. The van der Waals surface area contributed by atoms with Gasteiger partial charge in [0.2, 0.25) is 0 Å². The third-order valence-corrected chi connectivity index (χ3v) is 13.2. The van der Waals surface area contributed by atoms with E-state index in [0.29, 0.717) is 56.1 Å². The summed E-state index contributed by atoms with van der Waals surface area (Å²) >= 11 is 0. The Morgan fingerprint density at radius 3 is 1.86 bits per heavy atom. The van der Waals surface area contributed by atoms with Crippen molar-refractivity contribution in [2.75, 3.05) is 0 Å². The zero-order chi connectivity index (χ0) is 69.5. The summed E-state index contributed by atoms with van der Waals surface area (Å²) in [6, 6.07) is 28.9. The molecule has 0 N–H and O–H groups in total. The minimum absolute atomic E-state index is 0.125. The van der Waals surface area contributed by atoms with Crippen LogP contribution in [0.4, 0.5) is 0 Å². The van der Waals surface area contributed by atoms with E-state index in [0.717, 1.165) is 16.3 Å². The van der Waals surface area contributed by atoms with Crippen molar-refractivity contribution < 1.29 is 38.1 Å². The van der Waals surface area contributed by atoms with Gasteiger partial charge in [0.05, 0.1) is 58.1 Å². The van der Waals surface area contributed by atoms with E-state index in [-0.39, 0.29) is 39.1 Å². The second kappa shape index (κ2) is 19.0. The Bertz CT molecular complexity index is 5350. The molecule has 0 spiro atoms. The highest BCUT2D eigenvalue weighted by atomic mass is 16.5. The number of fused-ring (bicyclic) bond motifs is 4. The summed E-state index contributed by atoms with van der Waals surface area (Å²) in [5.74, 6) is 0.879. The Hall–Kier alpha value is -9.58. The first-order chi connectivity index (χ1) is 45.9. The van der Waals surface area contributed by atoms with Gasteiger partial charge in [-0.3, -0.25) is 13.7 Å². The van der Waals surface area contributed by atoms with Crippen molar-refractivity contribution in [3.8, 4) is 84.3 Å². The van der Waals surface area contributed by atoms with Crippen molar-refractivity contribution in [2.24, 2.45) is 0 Å². The van der Waals surface area contributed by atoms with Crippen LogP contribution in [-0.2, 0) is 5.41 Å². The molecule has 0 aliphatic rings. The Morgan fingerprint density at radius 1 is 0.513 bits per heavy atom. The molecular formula is C71H54N4O. The van der Waals surface area contributed by atoms with Crippen LogP contribution in [0.3, 0.4) is 0 Å². The largest absolute Gasteiger partial charge is 0.458 e. The third-order valence-electron chi connectivity index (χ3n) is 13.2. The van der Waals surface area contributed by atoms with Crippen LogP contribution in [0.5, 0.6) is 11.5 Å². The molecule has 0 unspecified atom stereocenters. The van der Waals surface area contributed by atoms with Crippen LogP contribution < -0.4 is 9.30 Å². The van der Waals surface area contributed by atoms with Crippen LogP contribution in [0.1, 0.15) is 60.7 Å². The molecule has 13 rings (SSSR count). The van der Waals surface area contributed by atoms with Crippen molar-refractivity contribution in [2.45, 2.75) is 33.0 Å². The number of ether oxygens (including phenoxy) is 1. The molecular weight excluding hydrogens is 925 g/mol. The number of benzene rings is 10. The van der Waals surface area contributed by atoms with E-state index >= 15 is 0 Å². The van der Waals surface area contributed by atoms with Crippen LogP contribution in [0.25, 0.3) is 106 Å². The van der Waals surface area contributed by atoms with E-state index in [1.54, 1.807) is 56.2 Å². The van der Waals surface area contributed by atoms with Gasteiger partial charge < -0.3 is 4.74 Å². The lowest BCUT2D eigenvalue weighted by Gasteiger charge is -2.22. The van der Waals surface area contributed by atoms with Crippen LogP contribution in [0, 0.1) is 13.2 Å². The number of hydrogen-bond acceptors (Lipinski definition) is 2. The number of aryl methyl sites for hydroxylation is 1. The highest BCUT2D eigenvalue weighted by molar-refractivity contribution is 6.09. The number of para-hydroxylation sites is 4. The van der Waals surface area contributed by atoms with Gasteiger partial charge in [-0.25, -0.2) is 4.98 Å². The summed E-state index contributed by atoms with van der Waals surface area (Å²) in [6.45, 7) is 3.36. The SMILES string of the molecule is [2H]c1c([2H])c([2H])c(-c2cnc(-n3c4ccccc4c4ccc(Oc5cccc(-n6[c-][n+](-c7c(-c8cccc(C(C)(C)C)c8)cccc7-c7c([2H])c(-c8c([2H])c([2H])c([2H])c([2H])c8[2H])c([2H])c(-c8c([2H])c([2H])c([2H])c([2H])c8[2H])c7[2H])c7ccccc76)c5)cc43)cc2C([2H])([2H])[2H])c([2H])c1[2H]. The van der Waals surface area contributed by atoms with Gasteiger partial charge in [0.25, 0.3) is 6.33 Å². The van der Waals surface area contributed by atoms with Crippen LogP contribution in [-0.4, -0.2) is 14.1 Å². The van der Waals surface area contributed by atoms with Gasteiger partial charge in [-0.15, -0.1) is 0 Å². The number of pyridine rings is 1. The molecule has 0 amide bonds. The first-order valence-corrected chi connectivity index (χ1v) is 24.3. The number of imidazole rings is 1. The molecule has 0 saturated carbocycles. The van der Waals surface area contributed by atoms with Crippen LogP contribution in [0.15, 0.2) is 254 Å². The molecule has 3 aromatic heterocycles. The zero-order valence-corrected chi connectivity index (χ0v) is 41.1. The molecule has 5 nitrogen and oxygen atoms in total. The normalized spacial score (nSPS) is 15.8. The van der Waals surface area contributed by atoms with E-state index in [4.69, 9.17) is 34.4 Å². The summed E-state index contributed by atoms with van der Waals surface area (Å²) in [6.07, 6.45) is 4.79. The van der Waals surface area contributed by atoms with Crippen LogP contribution >= 0.6 is 0 Å². The molecule has 0 atom stereocenters. The standard InChI is InChI=1S/C71H54N4O/c1-48-39-69(72-46-64(48)51-25-12-7-13-26-51)75-65-34-15-14-31-62(65)63-38-37-59(45-68(63)75)76-58-30-19-29-57(44-58)73-47-74(67-36-17-16-35-66(67)73)70-60(52-27-18-28-56(43-52)71(2,3)4)32-20-33-61(70)55-41-53(49-21-8-5-9-22-49)40-54(42-55)50-23-10-6-11-24-50/h5-46H,1-4H3/i1D3,5D,6D,7D,8D,9D,10D,11D,12D,13D,21D,22D,23D,24D,25D,26D,40D,41D,42D. The highest BCUT2D eigenvalue weighted by Gasteiger charge is 2.23. The minimum Gasteiger partial charge on any atom is -0.458 e.